The molecule has 3 nitrogen and oxygen atoms in total. The number of rotatable bonds is 4. The van der Waals surface area contributed by atoms with E-state index in [4.69, 9.17) is 4.74 Å². The van der Waals surface area contributed by atoms with Crippen LogP contribution in [0.4, 0.5) is 0 Å². The van der Waals surface area contributed by atoms with Crippen molar-refractivity contribution in [1.82, 2.24) is 9.47 Å². The van der Waals surface area contributed by atoms with Crippen LogP contribution in [0.1, 0.15) is 26.2 Å². The quantitative estimate of drug-likeness (QED) is 0.847. The van der Waals surface area contributed by atoms with Gasteiger partial charge in [-0.15, -0.1) is 0 Å². The Morgan fingerprint density at radius 2 is 1.95 bits per heavy atom. The van der Waals surface area contributed by atoms with Crippen molar-refractivity contribution in [3.8, 4) is 5.75 Å². The van der Waals surface area contributed by atoms with Crippen LogP contribution in [0, 0.1) is 0 Å². The molecular formula is C17H24N2O. The number of methoxy groups -OCH3 is 1. The number of benzene rings is 1. The van der Waals surface area contributed by atoms with Crippen molar-refractivity contribution in [2.45, 2.75) is 38.8 Å². The van der Waals surface area contributed by atoms with Gasteiger partial charge in [0, 0.05) is 29.7 Å². The number of ether oxygens (including phenoxy) is 1. The average molecular weight is 272 g/mol. The lowest BCUT2D eigenvalue weighted by Crippen LogP contribution is -2.39. The van der Waals surface area contributed by atoms with Crippen molar-refractivity contribution < 1.29 is 4.74 Å². The Balaban J connectivity index is 1.76. The number of fused-ring (bicyclic) bond motifs is 1. The van der Waals surface area contributed by atoms with Gasteiger partial charge in [-0.2, -0.15) is 0 Å². The van der Waals surface area contributed by atoms with E-state index in [1.54, 1.807) is 7.11 Å². The first-order chi connectivity index (χ1) is 9.78. The van der Waals surface area contributed by atoms with E-state index in [1.807, 2.05) is 6.07 Å². The van der Waals surface area contributed by atoms with E-state index in [1.165, 1.54) is 43.3 Å². The van der Waals surface area contributed by atoms with Crippen molar-refractivity contribution >= 4 is 10.9 Å². The second kappa shape index (κ2) is 5.88. The predicted molar refractivity (Wildman–Crippen MR) is 83.4 cm³/mol. The van der Waals surface area contributed by atoms with E-state index in [2.05, 4.69) is 40.8 Å². The minimum atomic E-state index is 0.605. The molecule has 0 unspecified atom stereocenters. The molecular weight excluding hydrogens is 248 g/mol. The largest absolute Gasteiger partial charge is 0.497 e. The van der Waals surface area contributed by atoms with Crippen molar-refractivity contribution in [1.29, 1.82) is 0 Å². The maximum absolute atomic E-state index is 5.29. The Bertz CT molecular complexity index is 569. The first-order valence-corrected chi connectivity index (χ1v) is 7.65. The van der Waals surface area contributed by atoms with Gasteiger partial charge in [-0.1, -0.05) is 6.42 Å². The Morgan fingerprint density at radius 1 is 1.15 bits per heavy atom. The molecule has 1 atom stereocenters. The molecule has 0 radical (unpaired) electrons. The summed E-state index contributed by atoms with van der Waals surface area (Å²) in [7, 11) is 1.72. The van der Waals surface area contributed by atoms with Crippen LogP contribution in [0.25, 0.3) is 10.9 Å². The highest BCUT2D eigenvalue weighted by Gasteiger charge is 2.17. The smallest absolute Gasteiger partial charge is 0.119 e. The lowest BCUT2D eigenvalue weighted by Gasteiger charge is -2.32. The fraction of sp³-hybridized carbons (Fsp3) is 0.529. The van der Waals surface area contributed by atoms with Gasteiger partial charge in [0.1, 0.15) is 5.75 Å². The molecule has 1 fully saturated rings. The molecule has 3 rings (SSSR count). The molecule has 1 aliphatic rings. The number of aromatic nitrogens is 1. The number of likely N-dealkylation sites (tertiary alicyclic amines) is 1. The van der Waals surface area contributed by atoms with Crippen LogP contribution in [-0.4, -0.2) is 35.7 Å². The predicted octanol–water partition coefficient (Wildman–Crippen LogP) is 3.52. The van der Waals surface area contributed by atoms with Crippen LogP contribution < -0.4 is 4.74 Å². The third kappa shape index (κ3) is 2.68. The zero-order valence-corrected chi connectivity index (χ0v) is 12.5. The maximum atomic E-state index is 5.29. The van der Waals surface area contributed by atoms with Gasteiger partial charge in [-0.25, -0.2) is 0 Å². The molecule has 0 bridgehead atoms. The lowest BCUT2D eigenvalue weighted by atomic mass is 10.1. The number of nitrogens with zero attached hydrogens (tertiary/aromatic N) is 2. The summed E-state index contributed by atoms with van der Waals surface area (Å²) < 4.78 is 7.66. The summed E-state index contributed by atoms with van der Waals surface area (Å²) in [6.07, 6.45) is 6.31. The third-order valence-corrected chi connectivity index (χ3v) is 4.45. The average Bonchev–Trinajstić information content (AvgIpc) is 2.90. The highest BCUT2D eigenvalue weighted by Crippen LogP contribution is 2.23. The van der Waals surface area contributed by atoms with E-state index < -0.39 is 0 Å². The molecule has 108 valence electrons. The minimum Gasteiger partial charge on any atom is -0.497 e. The Hall–Kier alpha value is -1.48. The summed E-state index contributed by atoms with van der Waals surface area (Å²) >= 11 is 0. The summed E-state index contributed by atoms with van der Waals surface area (Å²) in [5, 5.41) is 1.26. The Kier molecular flexibility index (Phi) is 3.97. The van der Waals surface area contributed by atoms with Crippen LogP contribution in [-0.2, 0) is 6.54 Å². The van der Waals surface area contributed by atoms with E-state index in [0.29, 0.717) is 6.04 Å². The summed E-state index contributed by atoms with van der Waals surface area (Å²) in [4.78, 5) is 2.62. The molecule has 1 aliphatic heterocycles. The first kappa shape index (κ1) is 13.5. The minimum absolute atomic E-state index is 0.605. The van der Waals surface area contributed by atoms with Crippen molar-refractivity contribution in [2.24, 2.45) is 0 Å². The van der Waals surface area contributed by atoms with E-state index >= 15 is 0 Å². The monoisotopic (exact) mass is 272 g/mol. The zero-order chi connectivity index (χ0) is 13.9. The van der Waals surface area contributed by atoms with Gasteiger partial charge in [0.15, 0.2) is 0 Å². The second-order valence-corrected chi connectivity index (χ2v) is 5.84. The van der Waals surface area contributed by atoms with Crippen molar-refractivity contribution in [2.75, 3.05) is 20.2 Å². The molecule has 0 spiro atoms. The van der Waals surface area contributed by atoms with Gasteiger partial charge in [0.25, 0.3) is 0 Å². The number of piperidine rings is 1. The molecule has 3 heteroatoms. The van der Waals surface area contributed by atoms with Crippen LogP contribution in [0.5, 0.6) is 5.75 Å². The summed E-state index contributed by atoms with van der Waals surface area (Å²) in [6.45, 7) is 5.93. The van der Waals surface area contributed by atoms with Gasteiger partial charge in [-0.3, -0.25) is 4.90 Å². The van der Waals surface area contributed by atoms with E-state index in [0.717, 1.165) is 12.3 Å². The highest BCUT2D eigenvalue weighted by molar-refractivity contribution is 5.81. The molecule has 0 N–H and O–H groups in total. The molecule has 0 saturated carbocycles. The summed E-state index contributed by atoms with van der Waals surface area (Å²) in [5.74, 6) is 0.930. The van der Waals surface area contributed by atoms with Gasteiger partial charge in [0.05, 0.1) is 7.11 Å². The van der Waals surface area contributed by atoms with Crippen LogP contribution in [0.3, 0.4) is 0 Å². The fourth-order valence-electron chi connectivity index (χ4n) is 3.22. The summed E-state index contributed by atoms with van der Waals surface area (Å²) in [6, 6.07) is 9.10. The van der Waals surface area contributed by atoms with E-state index in [9.17, 15) is 0 Å². The lowest BCUT2D eigenvalue weighted by molar-refractivity contribution is 0.161. The molecule has 1 aromatic carbocycles. The maximum Gasteiger partial charge on any atom is 0.119 e. The molecule has 2 aromatic rings. The van der Waals surface area contributed by atoms with Gasteiger partial charge < -0.3 is 9.30 Å². The Labute approximate surface area is 121 Å². The molecule has 1 saturated heterocycles. The molecule has 2 heterocycles. The molecule has 1 aromatic heterocycles. The van der Waals surface area contributed by atoms with Crippen molar-refractivity contribution in [3.63, 3.8) is 0 Å². The van der Waals surface area contributed by atoms with Gasteiger partial charge >= 0.3 is 0 Å². The second-order valence-electron chi connectivity index (χ2n) is 5.84. The van der Waals surface area contributed by atoms with Gasteiger partial charge in [-0.05, 0) is 57.1 Å². The van der Waals surface area contributed by atoms with Gasteiger partial charge in [0.2, 0.25) is 0 Å². The topological polar surface area (TPSA) is 17.4 Å². The third-order valence-electron chi connectivity index (χ3n) is 4.45. The standard InChI is InChI=1S/C17H24N2O/c1-14(18-9-4-3-5-10-18)13-19-11-8-15-12-16(20-2)6-7-17(15)19/h6-8,11-12,14H,3-5,9-10,13H2,1-2H3/t14-/m1/s1. The zero-order valence-electron chi connectivity index (χ0n) is 12.5. The first-order valence-electron chi connectivity index (χ1n) is 7.65. The molecule has 0 aliphatic carbocycles. The normalized spacial score (nSPS) is 18.3. The van der Waals surface area contributed by atoms with Crippen LogP contribution in [0.15, 0.2) is 30.5 Å². The number of hydrogen-bond donors (Lipinski definition) is 0. The SMILES string of the molecule is COc1ccc2c(ccn2C[C@@H](C)N2CCCCC2)c1. The van der Waals surface area contributed by atoms with Crippen LogP contribution >= 0.6 is 0 Å². The fourth-order valence-corrected chi connectivity index (χ4v) is 3.22. The Morgan fingerprint density at radius 3 is 2.70 bits per heavy atom. The van der Waals surface area contributed by atoms with E-state index in [-0.39, 0.29) is 0 Å². The molecule has 0 amide bonds. The number of hydrogen-bond acceptors (Lipinski definition) is 2. The van der Waals surface area contributed by atoms with Crippen LogP contribution in [0.2, 0.25) is 0 Å². The van der Waals surface area contributed by atoms with Crippen molar-refractivity contribution in [3.05, 3.63) is 30.5 Å². The summed E-state index contributed by atoms with van der Waals surface area (Å²) in [5.41, 5.74) is 1.30. The molecule has 20 heavy (non-hydrogen) atoms. The highest BCUT2D eigenvalue weighted by atomic mass is 16.5.